The van der Waals surface area contributed by atoms with Crippen LogP contribution in [0.2, 0.25) is 0 Å². The zero-order chi connectivity index (χ0) is 18.4. The minimum Gasteiger partial charge on any atom is -0.443 e. The van der Waals surface area contributed by atoms with Crippen LogP contribution in [0.4, 0.5) is 4.79 Å². The molecular formula is C20H22N4O2. The standard InChI is InChI=1S/C20H22N4O2/c1-15(2)21-20(25)26-14-18-13-24(23-22-18)19(16-9-5-3-6-10-16)17-11-7-4-8-12-17/h3-13,15,19H,14H2,1-2H3,(H,21,25). The first-order chi connectivity index (χ1) is 12.6. The molecule has 6 heteroatoms. The maximum atomic E-state index is 11.6. The van der Waals surface area contributed by atoms with Crippen LogP contribution in [0.3, 0.4) is 0 Å². The fraction of sp³-hybridized carbons (Fsp3) is 0.250. The summed E-state index contributed by atoms with van der Waals surface area (Å²) in [5.41, 5.74) is 2.81. The Balaban J connectivity index is 1.80. The molecule has 3 rings (SSSR count). The van der Waals surface area contributed by atoms with Crippen LogP contribution < -0.4 is 5.32 Å². The summed E-state index contributed by atoms with van der Waals surface area (Å²) in [5, 5.41) is 11.1. The second kappa shape index (κ2) is 8.29. The molecule has 0 radical (unpaired) electrons. The summed E-state index contributed by atoms with van der Waals surface area (Å²) in [7, 11) is 0. The SMILES string of the molecule is CC(C)NC(=O)OCc1cn(C(c2ccccc2)c2ccccc2)nn1. The highest BCUT2D eigenvalue weighted by atomic mass is 16.5. The van der Waals surface area contributed by atoms with E-state index in [2.05, 4.69) is 39.9 Å². The third-order valence-electron chi connectivity index (χ3n) is 3.81. The molecule has 0 fully saturated rings. The van der Waals surface area contributed by atoms with Gasteiger partial charge in [-0.15, -0.1) is 5.10 Å². The first-order valence-electron chi connectivity index (χ1n) is 8.57. The minimum absolute atomic E-state index is 0.0266. The van der Waals surface area contributed by atoms with E-state index in [0.29, 0.717) is 5.69 Å². The second-order valence-corrected chi connectivity index (χ2v) is 6.29. The highest BCUT2D eigenvalue weighted by Gasteiger charge is 2.18. The lowest BCUT2D eigenvalue weighted by Gasteiger charge is -2.17. The van der Waals surface area contributed by atoms with Crippen molar-refractivity contribution in [1.29, 1.82) is 0 Å². The van der Waals surface area contributed by atoms with Gasteiger partial charge in [-0.1, -0.05) is 65.9 Å². The lowest BCUT2D eigenvalue weighted by atomic mass is 9.99. The van der Waals surface area contributed by atoms with E-state index in [9.17, 15) is 4.79 Å². The Hall–Kier alpha value is -3.15. The van der Waals surface area contributed by atoms with E-state index in [4.69, 9.17) is 4.74 Å². The number of aromatic nitrogens is 3. The molecule has 0 saturated heterocycles. The molecule has 1 N–H and O–H groups in total. The van der Waals surface area contributed by atoms with E-state index in [-0.39, 0.29) is 18.7 Å². The number of alkyl carbamates (subject to hydrolysis) is 1. The molecular weight excluding hydrogens is 328 g/mol. The largest absolute Gasteiger partial charge is 0.443 e. The number of nitrogens with one attached hydrogen (secondary N) is 1. The van der Waals surface area contributed by atoms with Crippen LogP contribution in [0.5, 0.6) is 0 Å². The molecule has 3 aromatic rings. The number of ether oxygens (including phenoxy) is 1. The molecule has 26 heavy (non-hydrogen) atoms. The summed E-state index contributed by atoms with van der Waals surface area (Å²) >= 11 is 0. The van der Waals surface area contributed by atoms with Crippen molar-refractivity contribution in [2.24, 2.45) is 0 Å². The molecule has 1 heterocycles. The van der Waals surface area contributed by atoms with Gasteiger partial charge >= 0.3 is 6.09 Å². The zero-order valence-electron chi connectivity index (χ0n) is 14.9. The van der Waals surface area contributed by atoms with Crippen molar-refractivity contribution < 1.29 is 9.53 Å². The Morgan fingerprint density at radius 3 is 2.15 bits per heavy atom. The first kappa shape index (κ1) is 17.7. The molecule has 0 aliphatic rings. The highest BCUT2D eigenvalue weighted by Crippen LogP contribution is 2.25. The molecule has 6 nitrogen and oxygen atoms in total. The number of hydrogen-bond acceptors (Lipinski definition) is 4. The van der Waals surface area contributed by atoms with Crippen LogP contribution in [0.15, 0.2) is 66.9 Å². The van der Waals surface area contributed by atoms with Crippen LogP contribution in [0.25, 0.3) is 0 Å². The number of amides is 1. The topological polar surface area (TPSA) is 69.0 Å². The molecule has 0 bridgehead atoms. The Kier molecular flexibility index (Phi) is 5.63. The second-order valence-electron chi connectivity index (χ2n) is 6.29. The molecule has 0 saturated carbocycles. The smallest absolute Gasteiger partial charge is 0.407 e. The van der Waals surface area contributed by atoms with Crippen LogP contribution in [0.1, 0.15) is 36.7 Å². The molecule has 1 amide bonds. The highest BCUT2D eigenvalue weighted by molar-refractivity contribution is 5.67. The summed E-state index contributed by atoms with van der Waals surface area (Å²) < 4.78 is 6.97. The van der Waals surface area contributed by atoms with Crippen molar-refractivity contribution in [1.82, 2.24) is 20.3 Å². The molecule has 0 unspecified atom stereocenters. The third kappa shape index (κ3) is 4.47. The average molecular weight is 350 g/mol. The van der Waals surface area contributed by atoms with Gasteiger partial charge in [-0.3, -0.25) is 0 Å². The zero-order valence-corrected chi connectivity index (χ0v) is 14.9. The van der Waals surface area contributed by atoms with Gasteiger partial charge in [0.1, 0.15) is 18.3 Å². The van der Waals surface area contributed by atoms with Gasteiger partial charge in [-0.05, 0) is 25.0 Å². The molecule has 2 aromatic carbocycles. The van der Waals surface area contributed by atoms with Gasteiger partial charge in [0, 0.05) is 6.04 Å². The van der Waals surface area contributed by atoms with E-state index in [0.717, 1.165) is 11.1 Å². The van der Waals surface area contributed by atoms with E-state index in [1.54, 1.807) is 4.68 Å². The quantitative estimate of drug-likeness (QED) is 0.738. The maximum absolute atomic E-state index is 11.6. The Labute approximate surface area is 152 Å². The van der Waals surface area contributed by atoms with Crippen molar-refractivity contribution in [2.75, 3.05) is 0 Å². The first-order valence-corrected chi connectivity index (χ1v) is 8.57. The monoisotopic (exact) mass is 350 g/mol. The lowest BCUT2D eigenvalue weighted by Crippen LogP contribution is -2.30. The number of carbonyl (C=O) groups excluding carboxylic acids is 1. The molecule has 0 atom stereocenters. The number of carbonyl (C=O) groups is 1. The Bertz CT molecular complexity index is 792. The molecule has 0 aliphatic carbocycles. The number of nitrogens with zero attached hydrogens (tertiary/aromatic N) is 3. The van der Waals surface area contributed by atoms with Crippen LogP contribution in [-0.4, -0.2) is 27.1 Å². The van der Waals surface area contributed by atoms with Crippen molar-refractivity contribution in [3.8, 4) is 0 Å². The van der Waals surface area contributed by atoms with E-state index >= 15 is 0 Å². The Morgan fingerprint density at radius 1 is 1.04 bits per heavy atom. The van der Waals surface area contributed by atoms with Crippen molar-refractivity contribution in [2.45, 2.75) is 32.5 Å². The fourth-order valence-electron chi connectivity index (χ4n) is 2.69. The van der Waals surface area contributed by atoms with Crippen molar-refractivity contribution in [3.63, 3.8) is 0 Å². The minimum atomic E-state index is -0.461. The normalized spacial score (nSPS) is 10.9. The van der Waals surface area contributed by atoms with Gasteiger partial charge in [-0.2, -0.15) is 0 Å². The summed E-state index contributed by atoms with van der Waals surface area (Å²) in [4.78, 5) is 11.6. The van der Waals surface area contributed by atoms with Gasteiger partial charge in [0.2, 0.25) is 0 Å². The summed E-state index contributed by atoms with van der Waals surface area (Å²) in [5.74, 6) is 0. The van der Waals surface area contributed by atoms with Crippen LogP contribution in [-0.2, 0) is 11.3 Å². The van der Waals surface area contributed by atoms with E-state index in [1.165, 1.54) is 0 Å². The van der Waals surface area contributed by atoms with Crippen LogP contribution in [0, 0.1) is 0 Å². The molecule has 0 aliphatic heterocycles. The number of rotatable bonds is 6. The Morgan fingerprint density at radius 2 is 1.62 bits per heavy atom. The lowest BCUT2D eigenvalue weighted by molar-refractivity contribution is 0.135. The summed E-state index contributed by atoms with van der Waals surface area (Å²) in [6.07, 6.45) is 1.35. The van der Waals surface area contributed by atoms with E-state index < -0.39 is 6.09 Å². The van der Waals surface area contributed by atoms with Crippen molar-refractivity contribution >= 4 is 6.09 Å². The van der Waals surface area contributed by atoms with E-state index in [1.807, 2.05) is 56.4 Å². The predicted octanol–water partition coefficient (Wildman–Crippen LogP) is 3.55. The van der Waals surface area contributed by atoms with Gasteiger partial charge < -0.3 is 10.1 Å². The van der Waals surface area contributed by atoms with Gasteiger partial charge in [0.05, 0.1) is 6.20 Å². The molecule has 1 aromatic heterocycles. The number of hydrogen-bond donors (Lipinski definition) is 1. The summed E-state index contributed by atoms with van der Waals surface area (Å²) in [6.45, 7) is 3.83. The van der Waals surface area contributed by atoms with Gasteiger partial charge in [-0.25, -0.2) is 9.48 Å². The maximum Gasteiger partial charge on any atom is 0.407 e. The fourth-order valence-corrected chi connectivity index (χ4v) is 2.69. The summed E-state index contributed by atoms with van der Waals surface area (Å²) in [6, 6.07) is 20.2. The third-order valence-corrected chi connectivity index (χ3v) is 3.81. The van der Waals surface area contributed by atoms with Gasteiger partial charge in [0.15, 0.2) is 0 Å². The molecule has 0 spiro atoms. The van der Waals surface area contributed by atoms with Crippen LogP contribution >= 0.6 is 0 Å². The molecule has 134 valence electrons. The predicted molar refractivity (Wildman–Crippen MR) is 98.6 cm³/mol. The van der Waals surface area contributed by atoms with Gasteiger partial charge in [0.25, 0.3) is 0 Å². The average Bonchev–Trinajstić information content (AvgIpc) is 3.10. The number of benzene rings is 2. The van der Waals surface area contributed by atoms with Crippen molar-refractivity contribution in [3.05, 3.63) is 83.7 Å².